The van der Waals surface area contributed by atoms with E-state index in [0.717, 1.165) is 96.3 Å². The molecule has 0 amide bonds. The van der Waals surface area contributed by atoms with Gasteiger partial charge in [0, 0.05) is 0 Å². The van der Waals surface area contributed by atoms with Crippen LogP contribution >= 0.6 is 0 Å². The van der Waals surface area contributed by atoms with Gasteiger partial charge in [-0.05, 0) is 77.6 Å². The number of rotatable bonds is 25. The summed E-state index contributed by atoms with van der Waals surface area (Å²) in [6.45, 7) is 4.15. The summed E-state index contributed by atoms with van der Waals surface area (Å²) in [6, 6.07) is 0. The van der Waals surface area contributed by atoms with E-state index in [1.165, 1.54) is 38.5 Å². The van der Waals surface area contributed by atoms with Crippen molar-refractivity contribution >= 4 is 5.97 Å². The molecule has 0 bridgehead atoms. The van der Waals surface area contributed by atoms with E-state index in [9.17, 15) is 25.2 Å². The first-order valence-electron chi connectivity index (χ1n) is 19.0. The number of ether oxygens (including phenoxy) is 3. The lowest BCUT2D eigenvalue weighted by Gasteiger charge is -2.24. The quantitative estimate of drug-likeness (QED) is 0.0627. The molecule has 0 radical (unpaired) electrons. The van der Waals surface area contributed by atoms with Gasteiger partial charge >= 0.3 is 5.97 Å². The highest BCUT2D eigenvalue weighted by Gasteiger charge is 2.36. The Morgan fingerprint density at radius 1 is 0.644 bits per heavy atom. The zero-order valence-corrected chi connectivity index (χ0v) is 28.7. The van der Waals surface area contributed by atoms with E-state index < -0.39 is 24.4 Å². The van der Waals surface area contributed by atoms with E-state index in [1.54, 1.807) is 0 Å². The maximum atomic E-state index is 11.8. The van der Waals surface area contributed by atoms with Crippen LogP contribution in [0.4, 0.5) is 0 Å². The average Bonchev–Trinajstić information content (AvgIpc) is 3.77. The van der Waals surface area contributed by atoms with E-state index in [1.807, 2.05) is 6.92 Å². The number of esters is 1. The molecule has 8 heteroatoms. The van der Waals surface area contributed by atoms with Crippen molar-refractivity contribution in [2.45, 2.75) is 223 Å². The molecule has 0 aromatic rings. The van der Waals surface area contributed by atoms with Gasteiger partial charge < -0.3 is 34.6 Å². The van der Waals surface area contributed by atoms with Crippen LogP contribution < -0.4 is 0 Å². The van der Waals surface area contributed by atoms with Crippen molar-refractivity contribution in [3.8, 4) is 0 Å². The van der Waals surface area contributed by atoms with E-state index in [0.29, 0.717) is 19.3 Å². The minimum atomic E-state index is -0.624. The number of hydrogen-bond acceptors (Lipinski definition) is 8. The largest absolute Gasteiger partial charge is 0.462 e. The van der Waals surface area contributed by atoms with Gasteiger partial charge in [-0.15, -0.1) is 0 Å². The third-order valence-electron chi connectivity index (χ3n) is 10.5. The van der Waals surface area contributed by atoms with Crippen molar-refractivity contribution in [1.29, 1.82) is 0 Å². The molecule has 0 saturated carbocycles. The van der Waals surface area contributed by atoms with Crippen LogP contribution in [0.1, 0.15) is 168 Å². The van der Waals surface area contributed by atoms with Crippen molar-refractivity contribution in [3.05, 3.63) is 0 Å². The van der Waals surface area contributed by atoms with Gasteiger partial charge in [0.25, 0.3) is 0 Å². The molecule has 3 fully saturated rings. The Morgan fingerprint density at radius 3 is 1.76 bits per heavy atom. The summed E-state index contributed by atoms with van der Waals surface area (Å²) in [5, 5.41) is 42.4. The zero-order valence-electron chi connectivity index (χ0n) is 28.7. The summed E-state index contributed by atoms with van der Waals surface area (Å²) >= 11 is 0. The van der Waals surface area contributed by atoms with Crippen LogP contribution in [0, 0.1) is 5.92 Å². The smallest absolute Gasteiger partial charge is 0.309 e. The van der Waals surface area contributed by atoms with Gasteiger partial charge in [0.1, 0.15) is 0 Å². The van der Waals surface area contributed by atoms with E-state index in [-0.39, 0.29) is 42.4 Å². The molecule has 0 aromatic carbocycles. The van der Waals surface area contributed by atoms with Gasteiger partial charge in [-0.3, -0.25) is 4.79 Å². The molecular formula is C37H68O8. The highest BCUT2D eigenvalue weighted by molar-refractivity contribution is 5.74. The molecule has 0 spiro atoms. The molecule has 3 rings (SSSR count). The standard InChI is InChI=1S/C37H68O8/c1-3-4-5-6-7-8-12-15-18-31(39)35-23-24-36(45-35)33(41)21-20-32(40)34-22-19-30(44-34)17-14-11-9-10-13-16-29(38)26-28-25-27(2)43-37(28)42/h27-36,38-41H,3-26H2,1-2H3/t27-,28?,29+,30+,31+,32-,33-,34-,35-,36-/m0/s1. The van der Waals surface area contributed by atoms with E-state index in [4.69, 9.17) is 14.2 Å². The normalized spacial score (nSPS) is 29.6. The average molecular weight is 641 g/mol. The second kappa shape index (κ2) is 22.0. The van der Waals surface area contributed by atoms with Crippen molar-refractivity contribution in [3.63, 3.8) is 0 Å². The van der Waals surface area contributed by atoms with Gasteiger partial charge in [-0.1, -0.05) is 90.4 Å². The fraction of sp³-hybridized carbons (Fsp3) is 0.973. The second-order valence-corrected chi connectivity index (χ2v) is 14.6. The number of cyclic esters (lactones) is 1. The molecule has 3 heterocycles. The monoisotopic (exact) mass is 640 g/mol. The predicted octanol–water partition coefficient (Wildman–Crippen LogP) is 6.91. The lowest BCUT2D eigenvalue weighted by atomic mass is 9.95. The number of aliphatic hydroxyl groups excluding tert-OH is 4. The van der Waals surface area contributed by atoms with Crippen molar-refractivity contribution in [2.24, 2.45) is 5.92 Å². The van der Waals surface area contributed by atoms with Crippen molar-refractivity contribution in [2.75, 3.05) is 0 Å². The fourth-order valence-electron chi connectivity index (χ4n) is 7.63. The summed E-state index contributed by atoms with van der Waals surface area (Å²) < 4.78 is 17.4. The SMILES string of the molecule is CCCCCCCCCC[C@@H](O)[C@@H]1CC[C@@H]([C@@H](O)CC[C@H](O)[C@@H]2CC[C@@H](CCCCCCC[C@@H](O)CC3C[C@H](C)OC3=O)O2)O1. The van der Waals surface area contributed by atoms with Crippen LogP contribution in [0.3, 0.4) is 0 Å². The molecule has 3 aliphatic heterocycles. The molecule has 3 saturated heterocycles. The molecule has 0 aromatic heterocycles. The Balaban J connectivity index is 1.16. The van der Waals surface area contributed by atoms with Gasteiger partial charge in [0.05, 0.1) is 60.9 Å². The Hall–Kier alpha value is -0.770. The molecule has 8 nitrogen and oxygen atoms in total. The van der Waals surface area contributed by atoms with Gasteiger partial charge in [0.2, 0.25) is 0 Å². The molecule has 45 heavy (non-hydrogen) atoms. The van der Waals surface area contributed by atoms with E-state index >= 15 is 0 Å². The summed E-state index contributed by atoms with van der Waals surface area (Å²) in [7, 11) is 0. The number of hydrogen-bond donors (Lipinski definition) is 4. The molecular weight excluding hydrogens is 572 g/mol. The fourth-order valence-corrected chi connectivity index (χ4v) is 7.63. The van der Waals surface area contributed by atoms with Gasteiger partial charge in [0.15, 0.2) is 0 Å². The van der Waals surface area contributed by atoms with Crippen LogP contribution in [0.2, 0.25) is 0 Å². The maximum Gasteiger partial charge on any atom is 0.309 e. The molecule has 4 N–H and O–H groups in total. The van der Waals surface area contributed by atoms with Crippen LogP contribution in [-0.2, 0) is 19.0 Å². The Morgan fingerprint density at radius 2 is 1.16 bits per heavy atom. The lowest BCUT2D eigenvalue weighted by Crippen LogP contribution is -2.33. The number of aliphatic hydroxyl groups is 4. The first kappa shape index (κ1) is 38.7. The Labute approximate surface area is 274 Å². The highest BCUT2D eigenvalue weighted by atomic mass is 16.6. The molecule has 1 unspecified atom stereocenters. The predicted molar refractivity (Wildman–Crippen MR) is 177 cm³/mol. The second-order valence-electron chi connectivity index (χ2n) is 14.6. The van der Waals surface area contributed by atoms with Crippen LogP contribution in [-0.4, -0.2) is 81.3 Å². The highest BCUT2D eigenvalue weighted by Crippen LogP contribution is 2.31. The zero-order chi connectivity index (χ0) is 32.4. The molecule has 3 aliphatic rings. The van der Waals surface area contributed by atoms with Crippen LogP contribution in [0.15, 0.2) is 0 Å². The topological polar surface area (TPSA) is 126 Å². The maximum absolute atomic E-state index is 11.8. The lowest BCUT2D eigenvalue weighted by molar-refractivity contribution is -0.144. The minimum absolute atomic E-state index is 0.0227. The molecule has 10 atom stereocenters. The Kier molecular flexibility index (Phi) is 18.9. The van der Waals surface area contributed by atoms with E-state index in [2.05, 4.69) is 6.92 Å². The minimum Gasteiger partial charge on any atom is -0.462 e. The molecule has 264 valence electrons. The number of carbonyl (C=O) groups excluding carboxylic acids is 1. The summed E-state index contributed by atoms with van der Waals surface area (Å²) in [5.74, 6) is -0.298. The molecule has 0 aliphatic carbocycles. The van der Waals surface area contributed by atoms with Crippen molar-refractivity contribution < 1.29 is 39.4 Å². The van der Waals surface area contributed by atoms with Crippen LogP contribution in [0.25, 0.3) is 0 Å². The first-order chi connectivity index (χ1) is 21.8. The Bertz CT molecular complexity index is 780. The number of carbonyl (C=O) groups is 1. The van der Waals surface area contributed by atoms with Gasteiger partial charge in [-0.25, -0.2) is 0 Å². The summed E-state index contributed by atoms with van der Waals surface area (Å²) in [5.41, 5.74) is 0. The third kappa shape index (κ3) is 14.9. The third-order valence-corrected chi connectivity index (χ3v) is 10.5. The van der Waals surface area contributed by atoms with Gasteiger partial charge in [-0.2, -0.15) is 0 Å². The summed E-state index contributed by atoms with van der Waals surface area (Å²) in [4.78, 5) is 11.8. The van der Waals surface area contributed by atoms with Crippen molar-refractivity contribution in [1.82, 2.24) is 0 Å². The van der Waals surface area contributed by atoms with Crippen LogP contribution in [0.5, 0.6) is 0 Å². The first-order valence-corrected chi connectivity index (χ1v) is 19.0. The summed E-state index contributed by atoms with van der Waals surface area (Å²) in [6.07, 6.45) is 21.1. The number of unbranched alkanes of at least 4 members (excludes halogenated alkanes) is 11.